The van der Waals surface area contributed by atoms with Crippen LogP contribution in [0.1, 0.15) is 23.2 Å². The number of hydrogen-bond acceptors (Lipinski definition) is 1. The van der Waals surface area contributed by atoms with Gasteiger partial charge in [0.15, 0.2) is 0 Å². The van der Waals surface area contributed by atoms with Gasteiger partial charge in [0.05, 0.1) is 12.1 Å². The summed E-state index contributed by atoms with van der Waals surface area (Å²) in [6.07, 6.45) is 1.92. The number of amides is 1. The van der Waals surface area contributed by atoms with Crippen LogP contribution in [0, 0.1) is 0 Å². The van der Waals surface area contributed by atoms with Crippen molar-refractivity contribution < 1.29 is 13.6 Å². The second-order valence-electron chi connectivity index (χ2n) is 5.50. The number of carbonyl (C=O) groups is 1. The van der Waals surface area contributed by atoms with E-state index in [0.717, 1.165) is 15.4 Å². The van der Waals surface area contributed by atoms with Crippen molar-refractivity contribution in [2.75, 3.05) is 13.1 Å². The Morgan fingerprint density at radius 1 is 1.38 bits per heavy atom. The van der Waals surface area contributed by atoms with Crippen LogP contribution in [0.5, 0.6) is 0 Å². The molecule has 0 atom stereocenters. The summed E-state index contributed by atoms with van der Waals surface area (Å²) >= 11 is 3.40. The van der Waals surface area contributed by atoms with Crippen LogP contribution in [0.15, 0.2) is 28.9 Å². The highest BCUT2D eigenvalue weighted by molar-refractivity contribution is 9.10. The molecule has 0 aliphatic carbocycles. The number of carbonyl (C=O) groups excluding carboxylic acids is 1. The molecule has 0 bridgehead atoms. The SMILES string of the molecule is Cn1cc(C(=O)N2CCCC(F)(F)C2)c2ccc(Br)cc21. The number of halogens is 3. The maximum atomic E-state index is 13.5. The number of benzene rings is 1. The van der Waals surface area contributed by atoms with Crippen molar-refractivity contribution in [2.24, 2.45) is 7.05 Å². The van der Waals surface area contributed by atoms with Gasteiger partial charge in [-0.1, -0.05) is 22.0 Å². The Kier molecular flexibility index (Phi) is 3.51. The molecule has 1 aromatic heterocycles. The molecule has 3 nitrogen and oxygen atoms in total. The Morgan fingerprint density at radius 3 is 2.86 bits per heavy atom. The smallest absolute Gasteiger partial charge is 0.265 e. The Balaban J connectivity index is 1.98. The second kappa shape index (κ2) is 5.09. The van der Waals surface area contributed by atoms with Crippen LogP contribution in [-0.4, -0.2) is 34.4 Å². The number of aryl methyl sites for hydroxylation is 1. The van der Waals surface area contributed by atoms with Crippen LogP contribution in [0.25, 0.3) is 10.9 Å². The van der Waals surface area contributed by atoms with Crippen molar-refractivity contribution in [1.82, 2.24) is 9.47 Å². The van der Waals surface area contributed by atoms with Gasteiger partial charge in [-0.2, -0.15) is 0 Å². The Labute approximate surface area is 129 Å². The largest absolute Gasteiger partial charge is 0.350 e. The van der Waals surface area contributed by atoms with Crippen LogP contribution in [0.3, 0.4) is 0 Å². The van der Waals surface area contributed by atoms with Crippen LogP contribution in [0.4, 0.5) is 8.78 Å². The topological polar surface area (TPSA) is 25.2 Å². The van der Waals surface area contributed by atoms with Gasteiger partial charge in [-0.15, -0.1) is 0 Å². The number of nitrogens with zero attached hydrogens (tertiary/aromatic N) is 2. The quantitative estimate of drug-likeness (QED) is 0.762. The minimum Gasteiger partial charge on any atom is -0.350 e. The van der Waals surface area contributed by atoms with Gasteiger partial charge in [0.1, 0.15) is 0 Å². The number of rotatable bonds is 1. The molecule has 6 heteroatoms. The monoisotopic (exact) mass is 356 g/mol. The predicted octanol–water partition coefficient (Wildman–Crippen LogP) is 3.81. The highest BCUT2D eigenvalue weighted by Gasteiger charge is 2.37. The molecule has 112 valence electrons. The Morgan fingerprint density at radius 2 is 2.14 bits per heavy atom. The zero-order valence-electron chi connectivity index (χ0n) is 11.6. The average molecular weight is 357 g/mol. The molecular weight excluding hydrogens is 342 g/mol. The lowest BCUT2D eigenvalue weighted by Crippen LogP contribution is -2.45. The maximum Gasteiger partial charge on any atom is 0.265 e. The van der Waals surface area contributed by atoms with Gasteiger partial charge in [0.2, 0.25) is 0 Å². The van der Waals surface area contributed by atoms with E-state index >= 15 is 0 Å². The summed E-state index contributed by atoms with van der Waals surface area (Å²) in [5.41, 5.74) is 1.38. The number of fused-ring (bicyclic) bond motifs is 1. The van der Waals surface area contributed by atoms with Crippen molar-refractivity contribution in [3.8, 4) is 0 Å². The third kappa shape index (κ3) is 2.69. The molecular formula is C15H15BrF2N2O. The average Bonchev–Trinajstić information content (AvgIpc) is 2.74. The van der Waals surface area contributed by atoms with Crippen LogP contribution in [-0.2, 0) is 7.05 Å². The number of piperidine rings is 1. The van der Waals surface area contributed by atoms with E-state index in [1.807, 2.05) is 29.8 Å². The van der Waals surface area contributed by atoms with E-state index in [4.69, 9.17) is 0 Å². The fourth-order valence-corrected chi connectivity index (χ4v) is 3.19. The highest BCUT2D eigenvalue weighted by atomic mass is 79.9. The molecule has 0 spiro atoms. The molecule has 1 amide bonds. The highest BCUT2D eigenvalue weighted by Crippen LogP contribution is 2.30. The summed E-state index contributed by atoms with van der Waals surface area (Å²) in [6, 6.07) is 5.61. The number of alkyl halides is 2. The van der Waals surface area contributed by atoms with Gasteiger partial charge in [-0.25, -0.2) is 8.78 Å². The van der Waals surface area contributed by atoms with E-state index in [1.165, 1.54) is 4.90 Å². The Hall–Kier alpha value is -1.43. The summed E-state index contributed by atoms with van der Waals surface area (Å²) in [5.74, 6) is -3.09. The molecule has 21 heavy (non-hydrogen) atoms. The number of likely N-dealkylation sites (tertiary alicyclic amines) is 1. The summed E-state index contributed by atoms with van der Waals surface area (Å²) in [4.78, 5) is 13.8. The zero-order valence-corrected chi connectivity index (χ0v) is 13.2. The van der Waals surface area contributed by atoms with Crippen molar-refractivity contribution in [1.29, 1.82) is 0 Å². The van der Waals surface area contributed by atoms with Crippen LogP contribution in [0.2, 0.25) is 0 Å². The predicted molar refractivity (Wildman–Crippen MR) is 80.7 cm³/mol. The van der Waals surface area contributed by atoms with Gasteiger partial charge in [0, 0.05) is 41.6 Å². The number of hydrogen-bond donors (Lipinski definition) is 0. The molecule has 2 aromatic rings. The maximum absolute atomic E-state index is 13.5. The van der Waals surface area contributed by atoms with E-state index in [9.17, 15) is 13.6 Å². The minimum absolute atomic E-state index is 0.140. The first-order chi connectivity index (χ1) is 9.87. The first-order valence-electron chi connectivity index (χ1n) is 6.79. The van der Waals surface area contributed by atoms with Crippen molar-refractivity contribution in [3.05, 3.63) is 34.4 Å². The molecule has 0 radical (unpaired) electrons. The summed E-state index contributed by atoms with van der Waals surface area (Å²) in [5, 5.41) is 0.791. The molecule has 1 saturated heterocycles. The lowest BCUT2D eigenvalue weighted by Gasteiger charge is -2.32. The van der Waals surface area contributed by atoms with Crippen molar-refractivity contribution >= 4 is 32.7 Å². The van der Waals surface area contributed by atoms with E-state index in [0.29, 0.717) is 18.5 Å². The van der Waals surface area contributed by atoms with Crippen LogP contribution >= 0.6 is 15.9 Å². The molecule has 1 fully saturated rings. The lowest BCUT2D eigenvalue weighted by atomic mass is 10.1. The van der Waals surface area contributed by atoms with E-state index in [-0.39, 0.29) is 12.3 Å². The van der Waals surface area contributed by atoms with Gasteiger partial charge in [-0.3, -0.25) is 4.79 Å². The Bertz CT molecular complexity index is 711. The molecule has 2 heterocycles. The third-order valence-corrected chi connectivity index (χ3v) is 4.36. The van der Waals surface area contributed by atoms with Crippen molar-refractivity contribution in [2.45, 2.75) is 18.8 Å². The molecule has 1 aromatic carbocycles. The van der Waals surface area contributed by atoms with E-state index < -0.39 is 12.5 Å². The van der Waals surface area contributed by atoms with Gasteiger partial charge < -0.3 is 9.47 Å². The summed E-state index contributed by atoms with van der Waals surface area (Å²) < 4.78 is 29.8. The molecule has 0 N–H and O–H groups in total. The van der Waals surface area contributed by atoms with Crippen LogP contribution < -0.4 is 0 Å². The number of aromatic nitrogens is 1. The normalized spacial score (nSPS) is 18.2. The standard InChI is InChI=1S/C15H15BrF2N2O/c1-19-8-12(11-4-3-10(16)7-13(11)19)14(21)20-6-2-5-15(17,18)9-20/h3-4,7-8H,2,5-6,9H2,1H3. The summed E-state index contributed by atoms with van der Waals surface area (Å²) in [6.45, 7) is -0.0971. The zero-order chi connectivity index (χ0) is 15.2. The molecule has 1 aliphatic rings. The van der Waals surface area contributed by atoms with E-state index in [2.05, 4.69) is 15.9 Å². The second-order valence-corrected chi connectivity index (χ2v) is 6.42. The van der Waals surface area contributed by atoms with Gasteiger partial charge >= 0.3 is 0 Å². The van der Waals surface area contributed by atoms with Crippen molar-refractivity contribution in [3.63, 3.8) is 0 Å². The van der Waals surface area contributed by atoms with E-state index in [1.54, 1.807) is 6.20 Å². The summed E-state index contributed by atoms with van der Waals surface area (Å²) in [7, 11) is 1.84. The first kappa shape index (κ1) is 14.5. The molecule has 0 unspecified atom stereocenters. The lowest BCUT2D eigenvalue weighted by molar-refractivity contribution is -0.0560. The fraction of sp³-hybridized carbons (Fsp3) is 0.400. The van der Waals surface area contributed by atoms with Gasteiger partial charge in [-0.05, 0) is 18.6 Å². The minimum atomic E-state index is -2.78. The molecule has 0 saturated carbocycles. The molecule has 1 aliphatic heterocycles. The van der Waals surface area contributed by atoms with Gasteiger partial charge in [0.25, 0.3) is 11.8 Å². The molecule has 3 rings (SSSR count). The first-order valence-corrected chi connectivity index (χ1v) is 7.58. The fourth-order valence-electron chi connectivity index (χ4n) is 2.84. The third-order valence-electron chi connectivity index (χ3n) is 3.86.